The zero-order valence-corrected chi connectivity index (χ0v) is 39.9. The molecule has 3 aliphatic carbocycles. The monoisotopic (exact) mass is 951 g/mol. The van der Waals surface area contributed by atoms with Gasteiger partial charge in [-0.3, -0.25) is 14.9 Å². The minimum atomic E-state index is -1.43. The molecule has 4 aliphatic rings. The predicted octanol–water partition coefficient (Wildman–Crippen LogP) is 11.5. The maximum Gasteiger partial charge on any atom is 0.269 e. The molecule has 9 rings (SSSR count). The smallest absolute Gasteiger partial charge is 0.269 e. The van der Waals surface area contributed by atoms with Gasteiger partial charge in [0.05, 0.1) is 23.2 Å². The number of benzene rings is 5. The first kappa shape index (κ1) is 48.1. The van der Waals surface area contributed by atoms with Crippen molar-refractivity contribution in [3.63, 3.8) is 0 Å². The Hall–Kier alpha value is -5.99. The molecular weight excluding hydrogens is 891 g/mol. The Morgan fingerprint density at radius 2 is 1.68 bits per heavy atom. The number of non-ortho nitro benzene ring substituents is 1. The van der Waals surface area contributed by atoms with Crippen molar-refractivity contribution in [3.05, 3.63) is 160 Å². The number of carbonyl (C=O) groups excluding carboxylic acids is 1. The molecule has 0 spiro atoms. The lowest BCUT2D eigenvalue weighted by molar-refractivity contribution is -0.384. The number of aliphatic hydroxyl groups is 2. The zero-order valence-electron chi connectivity index (χ0n) is 39.1. The van der Waals surface area contributed by atoms with Gasteiger partial charge < -0.3 is 34.2 Å². The standard InChI is InChI=1S/C56H61N3O9S/c1-3-31-65-56-52(58(55(62)39-19-20-39)35-41-14-10-13-38-11-4-5-15-46(38)41)34-50(57-66-36-37-17-21-42(22-18-37)59(63)64)48-32-40(12-6-8-29-60)47(16-7-9-30-61)53(54(48)56)49-33-44(25-28-51(49)68-56)67-43-23-26-45(69-2)27-24-43/h3-5,10-11,13-15,17-18,21-28,32-33,39-40,47,52-54,60-61H,1,6-9,12,16,19-20,29-31,34-36H2,2H3/t40-,47+,52-,53+,54+,56+/m0/s1. The molecule has 2 saturated carbocycles. The Labute approximate surface area is 408 Å². The molecule has 5 aromatic rings. The van der Waals surface area contributed by atoms with Crippen molar-refractivity contribution in [2.24, 2.45) is 28.8 Å². The second-order valence-corrected chi connectivity index (χ2v) is 19.5. The summed E-state index contributed by atoms with van der Waals surface area (Å²) in [5.41, 5.74) is 4.27. The number of amides is 1. The lowest BCUT2D eigenvalue weighted by Crippen LogP contribution is -2.70. The van der Waals surface area contributed by atoms with Gasteiger partial charge in [-0.25, -0.2) is 0 Å². The van der Waals surface area contributed by atoms with Crippen molar-refractivity contribution in [3.8, 4) is 17.2 Å². The average Bonchev–Trinajstić information content (AvgIpc) is 4.23. The molecule has 1 amide bonds. The number of allylic oxidation sites excluding steroid dienone is 1. The maximum atomic E-state index is 15.2. The highest BCUT2D eigenvalue weighted by molar-refractivity contribution is 7.98. The molecule has 5 aromatic carbocycles. The number of hydrogen-bond donors (Lipinski definition) is 2. The van der Waals surface area contributed by atoms with E-state index in [0.717, 1.165) is 70.9 Å². The SMILES string of the molecule is C=CCO[C@@]12Oc3ccc(Oc4ccc(SC)cc4)cc3[C@H]3[C@H](CCCCO)[C@@H](CCCCO)C=C(C(=NOCc4ccc([N+](=O)[O-])cc4)C[C@@H]1N(Cc1cccc4ccccc14)C(=O)C1CC1)[C@H]32. The van der Waals surface area contributed by atoms with Crippen molar-refractivity contribution >= 4 is 39.8 Å². The number of fused-ring (bicyclic) bond motifs is 3. The Bertz CT molecular complexity index is 2680. The molecule has 360 valence electrons. The first-order chi connectivity index (χ1) is 33.7. The van der Waals surface area contributed by atoms with Crippen LogP contribution >= 0.6 is 11.8 Å². The topological polar surface area (TPSA) is 153 Å². The third-order valence-electron chi connectivity index (χ3n) is 14.3. The predicted molar refractivity (Wildman–Crippen MR) is 268 cm³/mol. The van der Waals surface area contributed by atoms with Crippen LogP contribution in [-0.2, 0) is 27.5 Å². The first-order valence-corrected chi connectivity index (χ1v) is 25.5. The molecule has 12 nitrogen and oxygen atoms in total. The number of thioether (sulfide) groups is 1. The van der Waals surface area contributed by atoms with E-state index < -0.39 is 22.7 Å². The fourth-order valence-corrected chi connectivity index (χ4v) is 11.3. The van der Waals surface area contributed by atoms with Crippen molar-refractivity contribution in [1.29, 1.82) is 0 Å². The van der Waals surface area contributed by atoms with Gasteiger partial charge in [0.25, 0.3) is 5.69 Å². The Balaban J connectivity index is 1.24. The number of aliphatic hydroxyl groups excluding tert-OH is 2. The third-order valence-corrected chi connectivity index (χ3v) is 15.0. The van der Waals surface area contributed by atoms with Gasteiger partial charge >= 0.3 is 0 Å². The zero-order chi connectivity index (χ0) is 47.9. The number of oxime groups is 1. The van der Waals surface area contributed by atoms with Crippen LogP contribution in [0.1, 0.15) is 80.4 Å². The highest BCUT2D eigenvalue weighted by Gasteiger charge is 2.66. The molecule has 0 unspecified atom stereocenters. The first-order valence-electron chi connectivity index (χ1n) is 24.3. The van der Waals surface area contributed by atoms with E-state index in [9.17, 15) is 20.3 Å². The van der Waals surface area contributed by atoms with Gasteiger partial charge in [-0.1, -0.05) is 72.6 Å². The molecule has 1 heterocycles. The number of rotatable bonds is 22. The van der Waals surface area contributed by atoms with Gasteiger partial charge in [0.2, 0.25) is 11.7 Å². The van der Waals surface area contributed by atoms with E-state index in [2.05, 4.69) is 43.0 Å². The van der Waals surface area contributed by atoms with Gasteiger partial charge in [0.1, 0.15) is 29.9 Å². The molecule has 69 heavy (non-hydrogen) atoms. The minimum Gasteiger partial charge on any atom is -0.459 e. The number of hydrogen-bond acceptors (Lipinski definition) is 11. The Morgan fingerprint density at radius 1 is 0.942 bits per heavy atom. The molecular formula is C56H61N3O9S. The number of nitro groups is 1. The van der Waals surface area contributed by atoms with Crippen LogP contribution in [0.2, 0.25) is 0 Å². The lowest BCUT2D eigenvalue weighted by Gasteiger charge is -2.60. The third kappa shape index (κ3) is 10.3. The summed E-state index contributed by atoms with van der Waals surface area (Å²) < 4.78 is 21.4. The van der Waals surface area contributed by atoms with E-state index in [-0.39, 0.29) is 68.1 Å². The van der Waals surface area contributed by atoms with Gasteiger partial charge in [-0.05, 0) is 139 Å². The van der Waals surface area contributed by atoms with E-state index in [1.165, 1.54) is 12.1 Å². The number of ether oxygens (including phenoxy) is 3. The Morgan fingerprint density at radius 3 is 2.41 bits per heavy atom. The fourth-order valence-electron chi connectivity index (χ4n) is 10.9. The minimum absolute atomic E-state index is 0.0125. The van der Waals surface area contributed by atoms with Gasteiger partial charge in [0.15, 0.2) is 0 Å². The molecule has 0 aromatic heterocycles. The van der Waals surface area contributed by atoms with Crippen LogP contribution in [0.15, 0.2) is 144 Å². The molecule has 2 N–H and O–H groups in total. The summed E-state index contributed by atoms with van der Waals surface area (Å²) in [5.74, 6) is -0.194. The summed E-state index contributed by atoms with van der Waals surface area (Å²) in [6.45, 7) is 4.78. The van der Waals surface area contributed by atoms with Crippen molar-refractivity contribution in [2.75, 3.05) is 26.1 Å². The van der Waals surface area contributed by atoms with Crippen LogP contribution in [0, 0.1) is 33.8 Å². The summed E-state index contributed by atoms with van der Waals surface area (Å²) >= 11 is 1.67. The van der Waals surface area contributed by atoms with Crippen LogP contribution in [0.25, 0.3) is 10.8 Å². The molecule has 1 aliphatic heterocycles. The molecule has 0 bridgehead atoms. The number of carbonyl (C=O) groups is 1. The number of nitro benzene ring substituents is 1. The van der Waals surface area contributed by atoms with Crippen molar-refractivity contribution < 1.29 is 39.0 Å². The van der Waals surface area contributed by atoms with E-state index >= 15 is 4.79 Å². The van der Waals surface area contributed by atoms with Gasteiger partial charge in [-0.15, -0.1) is 18.3 Å². The summed E-state index contributed by atoms with van der Waals surface area (Å²) in [6.07, 6.45) is 12.4. The highest BCUT2D eigenvalue weighted by atomic mass is 32.2. The van der Waals surface area contributed by atoms with Crippen LogP contribution in [-0.4, -0.2) is 69.6 Å². The summed E-state index contributed by atoms with van der Waals surface area (Å²) in [4.78, 5) is 35.6. The lowest BCUT2D eigenvalue weighted by atomic mass is 9.55. The van der Waals surface area contributed by atoms with E-state index in [1.807, 2.05) is 65.8 Å². The van der Waals surface area contributed by atoms with Gasteiger partial charge in [0, 0.05) is 60.6 Å². The molecule has 13 heteroatoms. The highest BCUT2D eigenvalue weighted by Crippen LogP contribution is 2.62. The van der Waals surface area contributed by atoms with Crippen LogP contribution in [0.3, 0.4) is 0 Å². The van der Waals surface area contributed by atoms with E-state index in [0.29, 0.717) is 47.9 Å². The normalized spacial score (nSPS) is 23.0. The summed E-state index contributed by atoms with van der Waals surface area (Å²) in [6, 6.07) is 34.0. The van der Waals surface area contributed by atoms with Gasteiger partial charge in [-0.2, -0.15) is 0 Å². The maximum absolute atomic E-state index is 15.2. The van der Waals surface area contributed by atoms with Crippen LogP contribution in [0.5, 0.6) is 17.2 Å². The van der Waals surface area contributed by atoms with E-state index in [1.54, 1.807) is 30.0 Å². The van der Waals surface area contributed by atoms with E-state index in [4.69, 9.17) is 24.2 Å². The fraction of sp³-hybridized carbons (Fsp3) is 0.393. The average molecular weight is 952 g/mol. The summed E-state index contributed by atoms with van der Waals surface area (Å²) in [7, 11) is 0. The Kier molecular flexibility index (Phi) is 15.1. The van der Waals surface area contributed by atoms with Crippen molar-refractivity contribution in [2.45, 2.75) is 93.6 Å². The second-order valence-electron chi connectivity index (χ2n) is 18.6. The second kappa shape index (κ2) is 21.8. The number of unbranched alkanes of at least 4 members (excludes halogenated alkanes) is 2. The quantitative estimate of drug-likeness (QED) is 0.0225. The van der Waals surface area contributed by atoms with Crippen LogP contribution in [0.4, 0.5) is 5.69 Å². The molecule has 0 radical (unpaired) electrons. The molecule has 2 fully saturated rings. The van der Waals surface area contributed by atoms with Crippen LogP contribution < -0.4 is 9.47 Å². The summed E-state index contributed by atoms with van der Waals surface area (Å²) in [5, 5.41) is 38.7. The largest absolute Gasteiger partial charge is 0.459 e. The molecule has 0 saturated heterocycles. The number of nitrogens with zero attached hydrogens (tertiary/aromatic N) is 3. The van der Waals surface area contributed by atoms with Crippen molar-refractivity contribution in [1.82, 2.24) is 4.90 Å². The molecule has 6 atom stereocenters.